The van der Waals surface area contributed by atoms with Gasteiger partial charge in [-0.25, -0.2) is 9.78 Å². The highest BCUT2D eigenvalue weighted by molar-refractivity contribution is 7.20. The number of amides is 1. The number of aromatic nitrogens is 2. The van der Waals surface area contributed by atoms with Crippen LogP contribution in [0.2, 0.25) is 0 Å². The highest BCUT2D eigenvalue weighted by Crippen LogP contribution is 2.34. The molecule has 0 saturated heterocycles. The maximum absolute atomic E-state index is 13.2. The number of para-hydroxylation sites is 1. The van der Waals surface area contributed by atoms with Gasteiger partial charge < -0.3 is 10.1 Å². The molecule has 1 aromatic carbocycles. The number of hydrogen-bond acceptors (Lipinski definition) is 6. The van der Waals surface area contributed by atoms with E-state index in [4.69, 9.17) is 4.74 Å². The van der Waals surface area contributed by atoms with Gasteiger partial charge in [0.25, 0.3) is 5.56 Å². The molecular weight excluding hydrogens is 471 g/mol. The number of carbonyl (C=O) groups is 2. The summed E-state index contributed by atoms with van der Waals surface area (Å²) in [6, 6.07) is 4.58. The zero-order valence-corrected chi connectivity index (χ0v) is 19.1. The number of nitrogens with one attached hydrogen (secondary N) is 1. The number of ether oxygens (including phenoxy) is 1. The average Bonchev–Trinajstić information content (AvgIpc) is 3.13. The Hall–Kier alpha value is -3.21. The van der Waals surface area contributed by atoms with Crippen LogP contribution in [0.1, 0.15) is 52.9 Å². The van der Waals surface area contributed by atoms with Crippen LogP contribution < -0.4 is 10.9 Å². The van der Waals surface area contributed by atoms with Crippen molar-refractivity contribution >= 4 is 39.1 Å². The Labute approximate surface area is 196 Å². The van der Waals surface area contributed by atoms with Crippen LogP contribution in [0.3, 0.4) is 0 Å². The molecule has 11 heteroatoms. The second-order valence-corrected chi connectivity index (χ2v) is 9.17. The first-order chi connectivity index (χ1) is 16.1. The zero-order valence-electron chi connectivity index (χ0n) is 18.3. The van der Waals surface area contributed by atoms with Crippen molar-refractivity contribution in [2.75, 3.05) is 5.32 Å². The van der Waals surface area contributed by atoms with Crippen LogP contribution in [0.4, 0.5) is 18.9 Å². The van der Waals surface area contributed by atoms with Crippen LogP contribution in [0.25, 0.3) is 10.2 Å². The quantitative estimate of drug-likeness (QED) is 0.510. The first-order valence-corrected chi connectivity index (χ1v) is 11.6. The van der Waals surface area contributed by atoms with Crippen molar-refractivity contribution < 1.29 is 27.5 Å². The number of halogens is 3. The number of hydrogen-bond donors (Lipinski definition) is 1. The summed E-state index contributed by atoms with van der Waals surface area (Å²) in [5, 5.41) is 2.39. The molecule has 1 amide bonds. The molecule has 0 bridgehead atoms. The predicted molar refractivity (Wildman–Crippen MR) is 121 cm³/mol. The second-order valence-electron chi connectivity index (χ2n) is 8.17. The topological polar surface area (TPSA) is 90.3 Å². The van der Waals surface area contributed by atoms with Crippen molar-refractivity contribution in [2.45, 2.75) is 57.9 Å². The maximum atomic E-state index is 13.2. The predicted octanol–water partition coefficient (Wildman–Crippen LogP) is 4.91. The van der Waals surface area contributed by atoms with Crippen molar-refractivity contribution in [3.63, 3.8) is 0 Å². The first-order valence-electron chi connectivity index (χ1n) is 10.8. The van der Waals surface area contributed by atoms with Gasteiger partial charge in [-0.15, -0.1) is 11.3 Å². The van der Waals surface area contributed by atoms with E-state index in [2.05, 4.69) is 10.3 Å². The van der Waals surface area contributed by atoms with Crippen LogP contribution in [0, 0.1) is 6.92 Å². The fraction of sp³-hybridized carbons (Fsp3) is 0.391. The van der Waals surface area contributed by atoms with Crippen molar-refractivity contribution in [1.82, 2.24) is 9.55 Å². The van der Waals surface area contributed by atoms with E-state index in [1.54, 1.807) is 6.92 Å². The van der Waals surface area contributed by atoms with E-state index in [0.717, 1.165) is 66.5 Å². The summed E-state index contributed by atoms with van der Waals surface area (Å²) in [4.78, 5) is 42.9. The maximum Gasteiger partial charge on any atom is 0.418 e. The largest absolute Gasteiger partial charge is 0.458 e. The third-order valence-electron chi connectivity index (χ3n) is 5.75. The van der Waals surface area contributed by atoms with Crippen LogP contribution in [0.15, 0.2) is 35.4 Å². The molecule has 0 unspecified atom stereocenters. The molecule has 2 heterocycles. The lowest BCUT2D eigenvalue weighted by Gasteiger charge is -2.21. The minimum absolute atomic E-state index is 0.140. The third-order valence-corrected chi connectivity index (χ3v) is 6.93. The summed E-state index contributed by atoms with van der Waals surface area (Å²) < 4.78 is 46.1. The summed E-state index contributed by atoms with van der Waals surface area (Å²) in [7, 11) is 0. The van der Waals surface area contributed by atoms with Gasteiger partial charge in [0.2, 0.25) is 5.91 Å². The molecule has 3 aromatic rings. The lowest BCUT2D eigenvalue weighted by molar-refractivity contribution is -0.137. The lowest BCUT2D eigenvalue weighted by atomic mass is 9.98. The first kappa shape index (κ1) is 23.9. The molecule has 2 aromatic heterocycles. The molecule has 7 nitrogen and oxygen atoms in total. The number of esters is 1. The number of nitrogens with zero attached hydrogens (tertiary/aromatic N) is 2. The summed E-state index contributed by atoms with van der Waals surface area (Å²) in [6.07, 6.45) is 1.12. The lowest BCUT2D eigenvalue weighted by Crippen LogP contribution is -2.28. The molecule has 1 aliphatic carbocycles. The van der Waals surface area contributed by atoms with E-state index >= 15 is 0 Å². The monoisotopic (exact) mass is 493 g/mol. The van der Waals surface area contributed by atoms with Gasteiger partial charge in [-0.2, -0.15) is 13.2 Å². The second kappa shape index (κ2) is 9.57. The molecule has 1 aliphatic rings. The number of benzene rings is 1. The Balaban J connectivity index is 1.55. The molecule has 1 N–H and O–H groups in total. The minimum atomic E-state index is -4.64. The standard InChI is InChI=1S/C23H22F3N3O4S/c1-13-18-20(34-19(13)22(32)33-14-7-3-2-4-8-14)27-12-29(21(18)31)11-17(30)28-16-10-6-5-9-15(16)23(24,25)26/h5-6,9-10,12,14H,2-4,7-8,11H2,1H3,(H,28,30). The van der Waals surface area contributed by atoms with Gasteiger partial charge in [0.1, 0.15) is 22.4 Å². The fourth-order valence-corrected chi connectivity index (χ4v) is 5.06. The number of thiophene rings is 1. The number of anilines is 1. The number of aryl methyl sites for hydroxylation is 1. The Morgan fingerprint density at radius 1 is 1.21 bits per heavy atom. The van der Waals surface area contributed by atoms with E-state index in [0.29, 0.717) is 10.4 Å². The number of fused-ring (bicyclic) bond motifs is 1. The van der Waals surface area contributed by atoms with E-state index < -0.39 is 41.4 Å². The molecule has 0 radical (unpaired) electrons. The average molecular weight is 494 g/mol. The van der Waals surface area contributed by atoms with Gasteiger partial charge in [0, 0.05) is 0 Å². The Kier molecular flexibility index (Phi) is 6.74. The van der Waals surface area contributed by atoms with Crippen molar-refractivity contribution in [3.05, 3.63) is 57.0 Å². The number of alkyl halides is 3. The van der Waals surface area contributed by atoms with E-state index in [1.807, 2.05) is 0 Å². The highest BCUT2D eigenvalue weighted by atomic mass is 32.1. The summed E-state index contributed by atoms with van der Waals surface area (Å²) >= 11 is 1.05. The Morgan fingerprint density at radius 2 is 1.91 bits per heavy atom. The third kappa shape index (κ3) is 4.98. The van der Waals surface area contributed by atoms with Crippen LogP contribution in [-0.4, -0.2) is 27.5 Å². The van der Waals surface area contributed by atoms with Gasteiger partial charge in [0.15, 0.2) is 0 Å². The summed E-state index contributed by atoms with van der Waals surface area (Å²) in [5.41, 5.74) is -1.54. The van der Waals surface area contributed by atoms with Crippen molar-refractivity contribution in [1.29, 1.82) is 0 Å². The molecule has 180 valence electrons. The van der Waals surface area contributed by atoms with Crippen LogP contribution in [-0.2, 0) is 22.3 Å². The summed E-state index contributed by atoms with van der Waals surface area (Å²) in [6.45, 7) is 1.08. The Morgan fingerprint density at radius 3 is 2.62 bits per heavy atom. The molecule has 1 saturated carbocycles. The molecule has 4 rings (SSSR count). The zero-order chi connectivity index (χ0) is 24.5. The molecule has 0 spiro atoms. The van der Waals surface area contributed by atoms with E-state index in [9.17, 15) is 27.6 Å². The highest BCUT2D eigenvalue weighted by Gasteiger charge is 2.33. The normalized spacial score (nSPS) is 14.8. The molecule has 0 aliphatic heterocycles. The molecule has 1 fully saturated rings. The SMILES string of the molecule is Cc1c(C(=O)OC2CCCCC2)sc2ncn(CC(=O)Nc3ccccc3C(F)(F)F)c(=O)c12. The smallest absolute Gasteiger partial charge is 0.418 e. The van der Waals surface area contributed by atoms with Crippen molar-refractivity contribution in [2.24, 2.45) is 0 Å². The van der Waals surface area contributed by atoms with Gasteiger partial charge in [-0.05, 0) is 50.3 Å². The van der Waals surface area contributed by atoms with Gasteiger partial charge in [0.05, 0.1) is 23.0 Å². The molecule has 0 atom stereocenters. The van der Waals surface area contributed by atoms with Crippen LogP contribution >= 0.6 is 11.3 Å². The number of rotatable bonds is 5. The molecular formula is C23H22F3N3O4S. The van der Waals surface area contributed by atoms with E-state index in [1.165, 1.54) is 12.1 Å². The van der Waals surface area contributed by atoms with Gasteiger partial charge in [-0.3, -0.25) is 14.2 Å². The van der Waals surface area contributed by atoms with E-state index in [-0.39, 0.29) is 16.4 Å². The fourth-order valence-electron chi connectivity index (χ4n) is 4.04. The van der Waals surface area contributed by atoms with Crippen LogP contribution in [0.5, 0.6) is 0 Å². The van der Waals surface area contributed by atoms with Crippen molar-refractivity contribution in [3.8, 4) is 0 Å². The van der Waals surface area contributed by atoms with Gasteiger partial charge >= 0.3 is 12.1 Å². The minimum Gasteiger partial charge on any atom is -0.458 e. The van der Waals surface area contributed by atoms with Gasteiger partial charge in [-0.1, -0.05) is 18.6 Å². The number of carbonyl (C=O) groups excluding carboxylic acids is 2. The Bertz CT molecular complexity index is 1290. The summed E-state index contributed by atoms with van der Waals surface area (Å²) in [5.74, 6) is -1.32. The molecule has 34 heavy (non-hydrogen) atoms.